The van der Waals surface area contributed by atoms with E-state index in [1.165, 1.54) is 17.3 Å². The van der Waals surface area contributed by atoms with E-state index in [0.29, 0.717) is 0 Å². The average Bonchev–Trinajstić information content (AvgIpc) is 3.20. The molecule has 0 atom stereocenters. The minimum Gasteiger partial charge on any atom is -0.333 e. The molecule has 0 saturated carbocycles. The van der Waals surface area contributed by atoms with Crippen LogP contribution < -0.4 is 5.43 Å². The second kappa shape index (κ2) is 8.75. The van der Waals surface area contributed by atoms with Crippen molar-refractivity contribution in [3.8, 4) is 11.1 Å². The van der Waals surface area contributed by atoms with Gasteiger partial charge in [-0.2, -0.15) is 5.10 Å². The molecular weight excluding hydrogens is 380 g/mol. The van der Waals surface area contributed by atoms with E-state index >= 15 is 0 Å². The lowest BCUT2D eigenvalue weighted by atomic mass is 10.0. The molecule has 144 valence electrons. The highest BCUT2D eigenvalue weighted by molar-refractivity contribution is 7.99. The van der Waals surface area contributed by atoms with Crippen molar-refractivity contribution in [3.63, 3.8) is 0 Å². The number of imidazole rings is 1. The molecule has 0 saturated heterocycles. The standard InChI is InChI=1S/C23H20N4OS/c1-16(17-11-13-19(14-12-17)18-7-3-2-4-8-18)26-27-22(28)15-29-23-24-20-9-5-6-10-21(20)25-23/h2-14H,15H2,1H3,(H,24,25)(H,27,28). The molecule has 29 heavy (non-hydrogen) atoms. The monoisotopic (exact) mass is 400 g/mol. The smallest absolute Gasteiger partial charge is 0.250 e. The Morgan fingerprint density at radius 2 is 1.66 bits per heavy atom. The van der Waals surface area contributed by atoms with Crippen molar-refractivity contribution >= 4 is 34.4 Å². The molecule has 6 heteroatoms. The molecule has 4 rings (SSSR count). The quantitative estimate of drug-likeness (QED) is 0.276. The largest absolute Gasteiger partial charge is 0.333 e. The third kappa shape index (κ3) is 4.73. The zero-order valence-corrected chi connectivity index (χ0v) is 16.7. The van der Waals surface area contributed by atoms with E-state index in [4.69, 9.17) is 0 Å². The predicted octanol–water partition coefficient (Wildman–Crippen LogP) is 4.86. The summed E-state index contributed by atoms with van der Waals surface area (Å²) < 4.78 is 0. The van der Waals surface area contributed by atoms with Gasteiger partial charge in [0.1, 0.15) is 0 Å². The summed E-state index contributed by atoms with van der Waals surface area (Å²) in [5.74, 6) is 0.0690. The second-order valence-electron chi connectivity index (χ2n) is 6.52. The molecule has 3 aromatic carbocycles. The van der Waals surface area contributed by atoms with Crippen LogP contribution in [-0.2, 0) is 4.79 Å². The van der Waals surface area contributed by atoms with E-state index < -0.39 is 0 Å². The first-order valence-corrected chi connectivity index (χ1v) is 10.2. The van der Waals surface area contributed by atoms with Crippen LogP contribution in [0.25, 0.3) is 22.2 Å². The van der Waals surface area contributed by atoms with Gasteiger partial charge in [0, 0.05) is 0 Å². The number of para-hydroxylation sites is 2. The number of hydrogen-bond donors (Lipinski definition) is 2. The van der Waals surface area contributed by atoms with Crippen LogP contribution in [0.2, 0.25) is 0 Å². The van der Waals surface area contributed by atoms with Crippen molar-refractivity contribution in [2.75, 3.05) is 5.75 Å². The fourth-order valence-electron chi connectivity index (χ4n) is 2.91. The Labute approximate surface area is 173 Å². The van der Waals surface area contributed by atoms with Crippen molar-refractivity contribution < 1.29 is 4.79 Å². The van der Waals surface area contributed by atoms with Gasteiger partial charge in [-0.15, -0.1) is 0 Å². The maximum atomic E-state index is 12.1. The minimum absolute atomic E-state index is 0.171. The number of hydrogen-bond acceptors (Lipinski definition) is 4. The average molecular weight is 401 g/mol. The van der Waals surface area contributed by atoms with Gasteiger partial charge in [-0.25, -0.2) is 10.4 Å². The van der Waals surface area contributed by atoms with E-state index in [1.54, 1.807) is 0 Å². The highest BCUT2D eigenvalue weighted by atomic mass is 32.2. The molecule has 1 amide bonds. The molecule has 0 spiro atoms. The number of aromatic amines is 1. The second-order valence-corrected chi connectivity index (χ2v) is 7.49. The van der Waals surface area contributed by atoms with Crippen LogP contribution in [0, 0.1) is 0 Å². The van der Waals surface area contributed by atoms with Crippen LogP contribution in [0.5, 0.6) is 0 Å². The first kappa shape index (κ1) is 19.0. The number of H-pyrrole nitrogens is 1. The fourth-order valence-corrected chi connectivity index (χ4v) is 3.59. The zero-order valence-electron chi connectivity index (χ0n) is 15.9. The molecule has 1 aromatic heterocycles. The summed E-state index contributed by atoms with van der Waals surface area (Å²) in [6.45, 7) is 1.88. The molecule has 2 N–H and O–H groups in total. The van der Waals surface area contributed by atoms with Crippen LogP contribution in [0.3, 0.4) is 0 Å². The van der Waals surface area contributed by atoms with Gasteiger partial charge >= 0.3 is 0 Å². The van der Waals surface area contributed by atoms with Gasteiger partial charge < -0.3 is 4.98 Å². The van der Waals surface area contributed by atoms with E-state index in [1.807, 2.05) is 61.5 Å². The Balaban J connectivity index is 1.33. The van der Waals surface area contributed by atoms with Gasteiger partial charge in [0.2, 0.25) is 0 Å². The Morgan fingerprint density at radius 1 is 0.966 bits per heavy atom. The third-order valence-electron chi connectivity index (χ3n) is 4.47. The van der Waals surface area contributed by atoms with Gasteiger partial charge in [-0.05, 0) is 35.7 Å². The predicted molar refractivity (Wildman–Crippen MR) is 119 cm³/mol. The highest BCUT2D eigenvalue weighted by Crippen LogP contribution is 2.20. The number of nitrogens with one attached hydrogen (secondary N) is 2. The molecule has 0 radical (unpaired) electrons. The minimum atomic E-state index is -0.171. The molecule has 0 bridgehead atoms. The van der Waals surface area contributed by atoms with Crippen molar-refractivity contribution in [3.05, 3.63) is 84.4 Å². The number of fused-ring (bicyclic) bond motifs is 1. The van der Waals surface area contributed by atoms with Crippen LogP contribution in [-0.4, -0.2) is 27.3 Å². The molecule has 1 heterocycles. The van der Waals surface area contributed by atoms with E-state index in [-0.39, 0.29) is 11.7 Å². The topological polar surface area (TPSA) is 70.1 Å². The summed E-state index contributed by atoms with van der Waals surface area (Å²) >= 11 is 1.35. The lowest BCUT2D eigenvalue weighted by molar-refractivity contribution is -0.118. The van der Waals surface area contributed by atoms with Gasteiger partial charge in [0.15, 0.2) is 5.16 Å². The summed E-state index contributed by atoms with van der Waals surface area (Å²) in [4.78, 5) is 19.8. The fraction of sp³-hybridized carbons (Fsp3) is 0.0870. The number of aromatic nitrogens is 2. The molecule has 0 aliphatic rings. The summed E-state index contributed by atoms with van der Waals surface area (Å²) in [6, 6.07) is 26.1. The SMILES string of the molecule is CC(=NNC(=O)CSc1nc2ccccc2[nH]1)c1ccc(-c2ccccc2)cc1. The van der Waals surface area contributed by atoms with Crippen LogP contribution in [0.4, 0.5) is 0 Å². The Morgan fingerprint density at radius 3 is 2.41 bits per heavy atom. The van der Waals surface area contributed by atoms with Crippen molar-refractivity contribution in [1.29, 1.82) is 0 Å². The molecule has 4 aromatic rings. The van der Waals surface area contributed by atoms with Crippen LogP contribution >= 0.6 is 11.8 Å². The molecule has 5 nitrogen and oxygen atoms in total. The molecule has 0 aliphatic carbocycles. The van der Waals surface area contributed by atoms with E-state index in [2.05, 4.69) is 44.8 Å². The van der Waals surface area contributed by atoms with Gasteiger partial charge in [0.25, 0.3) is 5.91 Å². The van der Waals surface area contributed by atoms with Crippen LogP contribution in [0.15, 0.2) is 89.1 Å². The van der Waals surface area contributed by atoms with Gasteiger partial charge in [-0.1, -0.05) is 78.5 Å². The number of carbonyl (C=O) groups is 1. The molecule has 0 fully saturated rings. The van der Waals surface area contributed by atoms with Gasteiger partial charge in [0.05, 0.1) is 22.5 Å². The lowest BCUT2D eigenvalue weighted by Crippen LogP contribution is -2.21. The number of carbonyl (C=O) groups excluding carboxylic acids is 1. The normalized spacial score (nSPS) is 11.6. The maximum Gasteiger partial charge on any atom is 0.250 e. The molecular formula is C23H20N4OS. The lowest BCUT2D eigenvalue weighted by Gasteiger charge is -2.05. The number of thioether (sulfide) groups is 1. The Kier molecular flexibility index (Phi) is 5.72. The van der Waals surface area contributed by atoms with E-state index in [0.717, 1.165) is 33.0 Å². The Bertz CT molecular complexity index is 1120. The summed E-state index contributed by atoms with van der Waals surface area (Å²) in [5.41, 5.74) is 8.51. The number of benzene rings is 3. The van der Waals surface area contributed by atoms with Crippen LogP contribution in [0.1, 0.15) is 12.5 Å². The van der Waals surface area contributed by atoms with Crippen molar-refractivity contribution in [2.45, 2.75) is 12.1 Å². The Hall–Kier alpha value is -3.38. The summed E-state index contributed by atoms with van der Waals surface area (Å²) in [5, 5.41) is 4.95. The van der Waals surface area contributed by atoms with Gasteiger partial charge in [-0.3, -0.25) is 4.79 Å². The van der Waals surface area contributed by atoms with Crippen molar-refractivity contribution in [1.82, 2.24) is 15.4 Å². The third-order valence-corrected chi connectivity index (χ3v) is 5.34. The first-order chi connectivity index (χ1) is 14.2. The highest BCUT2D eigenvalue weighted by Gasteiger charge is 2.07. The summed E-state index contributed by atoms with van der Waals surface area (Å²) in [6.07, 6.45) is 0. The first-order valence-electron chi connectivity index (χ1n) is 9.25. The molecule has 0 unspecified atom stereocenters. The number of nitrogens with zero attached hydrogens (tertiary/aromatic N) is 2. The zero-order chi connectivity index (χ0) is 20.1. The van der Waals surface area contributed by atoms with Crippen molar-refractivity contribution in [2.24, 2.45) is 5.10 Å². The maximum absolute atomic E-state index is 12.1. The number of hydrazone groups is 1. The van der Waals surface area contributed by atoms with E-state index in [9.17, 15) is 4.79 Å². The molecule has 0 aliphatic heterocycles. The summed E-state index contributed by atoms with van der Waals surface area (Å²) in [7, 11) is 0. The number of amides is 1. The number of rotatable bonds is 6.